The van der Waals surface area contributed by atoms with Crippen LogP contribution in [0.1, 0.15) is 60.3 Å². The van der Waals surface area contributed by atoms with Gasteiger partial charge in [0.15, 0.2) is 0 Å². The minimum absolute atomic E-state index is 0.0428. The molecular formula is C40H42N2O5. The number of aromatic amines is 1. The van der Waals surface area contributed by atoms with E-state index in [4.69, 9.17) is 9.47 Å². The third kappa shape index (κ3) is 8.10. The van der Waals surface area contributed by atoms with Crippen molar-refractivity contribution >= 4 is 22.8 Å². The van der Waals surface area contributed by atoms with Gasteiger partial charge in [0, 0.05) is 29.1 Å². The van der Waals surface area contributed by atoms with Gasteiger partial charge in [-0.25, -0.2) is 4.79 Å². The summed E-state index contributed by atoms with van der Waals surface area (Å²) >= 11 is 0. The molecule has 242 valence electrons. The summed E-state index contributed by atoms with van der Waals surface area (Å²) < 4.78 is 12.1. The van der Waals surface area contributed by atoms with Gasteiger partial charge in [-0.2, -0.15) is 0 Å². The predicted octanol–water partition coefficient (Wildman–Crippen LogP) is 7.24. The number of carbonyl (C=O) groups excluding carboxylic acids is 2. The monoisotopic (exact) mass is 630 g/mol. The molecule has 7 heteroatoms. The molecule has 1 amide bonds. The van der Waals surface area contributed by atoms with Gasteiger partial charge in [-0.15, -0.1) is 0 Å². The number of aliphatic hydroxyl groups excluding tert-OH is 1. The van der Waals surface area contributed by atoms with Crippen LogP contribution < -0.4 is 10.1 Å². The van der Waals surface area contributed by atoms with Crippen LogP contribution in [0.5, 0.6) is 5.75 Å². The third-order valence-electron chi connectivity index (χ3n) is 9.17. The van der Waals surface area contributed by atoms with Crippen molar-refractivity contribution in [2.24, 2.45) is 5.92 Å². The van der Waals surface area contributed by atoms with Gasteiger partial charge in [0.05, 0.1) is 12.0 Å². The molecule has 0 saturated heterocycles. The van der Waals surface area contributed by atoms with Gasteiger partial charge < -0.3 is 24.9 Å². The summed E-state index contributed by atoms with van der Waals surface area (Å²) in [7, 11) is 0. The standard InChI is InChI=1S/C40H42N2O5/c43-38(30-18-8-3-9-19-30)37(33-21-11-13-23-36(33)46-26-28-14-4-1-5-15-28)39(44)42-35(40(45)47-27-29-16-6-2-7-17-29)24-31-25-41-34-22-12-10-20-32(31)34/h1-2,4-7,10-17,20-23,25,30,35,37-38,41,43H,3,8-9,18-19,24,26-27H2,(H,42,44)/t35-,37-,38-/m0/s1. The van der Waals surface area contributed by atoms with Crippen molar-refractivity contribution in [3.63, 3.8) is 0 Å². The highest BCUT2D eigenvalue weighted by Gasteiger charge is 2.38. The highest BCUT2D eigenvalue weighted by molar-refractivity contribution is 5.91. The molecule has 1 aromatic heterocycles. The molecule has 1 saturated carbocycles. The number of hydrogen-bond donors (Lipinski definition) is 3. The zero-order chi connectivity index (χ0) is 32.4. The maximum atomic E-state index is 14.5. The highest BCUT2D eigenvalue weighted by atomic mass is 16.5. The molecule has 3 N–H and O–H groups in total. The molecule has 7 nitrogen and oxygen atoms in total. The van der Waals surface area contributed by atoms with Gasteiger partial charge in [-0.05, 0) is 47.6 Å². The molecular weight excluding hydrogens is 588 g/mol. The van der Waals surface area contributed by atoms with Crippen LogP contribution >= 0.6 is 0 Å². The molecule has 3 atom stereocenters. The number of hydrogen-bond acceptors (Lipinski definition) is 5. The molecule has 0 spiro atoms. The fourth-order valence-electron chi connectivity index (χ4n) is 6.64. The Bertz CT molecular complexity index is 1750. The van der Waals surface area contributed by atoms with Crippen molar-refractivity contribution < 1.29 is 24.2 Å². The Morgan fingerprint density at radius 2 is 1.43 bits per heavy atom. The van der Waals surface area contributed by atoms with Crippen LogP contribution in [-0.2, 0) is 34.0 Å². The zero-order valence-corrected chi connectivity index (χ0v) is 26.5. The Kier molecular flexibility index (Phi) is 10.7. The minimum Gasteiger partial charge on any atom is -0.489 e. The smallest absolute Gasteiger partial charge is 0.329 e. The van der Waals surface area contributed by atoms with Crippen LogP contribution in [0, 0.1) is 5.92 Å². The van der Waals surface area contributed by atoms with Gasteiger partial charge in [0.25, 0.3) is 0 Å². The first-order valence-electron chi connectivity index (χ1n) is 16.6. The van der Waals surface area contributed by atoms with Crippen molar-refractivity contribution in [1.29, 1.82) is 0 Å². The van der Waals surface area contributed by atoms with Crippen LogP contribution in [0.25, 0.3) is 10.9 Å². The van der Waals surface area contributed by atoms with Crippen molar-refractivity contribution in [1.82, 2.24) is 10.3 Å². The fourth-order valence-corrected chi connectivity index (χ4v) is 6.64. The van der Waals surface area contributed by atoms with Gasteiger partial charge in [-0.3, -0.25) is 4.79 Å². The lowest BCUT2D eigenvalue weighted by atomic mass is 9.77. The van der Waals surface area contributed by atoms with Gasteiger partial charge in [0.2, 0.25) is 5.91 Å². The summed E-state index contributed by atoms with van der Waals surface area (Å²) in [5, 5.41) is 15.9. The van der Waals surface area contributed by atoms with Crippen molar-refractivity contribution in [3.05, 3.63) is 138 Å². The van der Waals surface area contributed by atoms with E-state index >= 15 is 0 Å². The van der Waals surface area contributed by atoms with Crippen LogP contribution in [-0.4, -0.2) is 34.1 Å². The van der Waals surface area contributed by atoms with E-state index in [9.17, 15) is 14.7 Å². The summed E-state index contributed by atoms with van der Waals surface area (Å²) in [5.41, 5.74) is 4.28. The second kappa shape index (κ2) is 15.6. The molecule has 1 heterocycles. The zero-order valence-electron chi connectivity index (χ0n) is 26.5. The van der Waals surface area contributed by atoms with E-state index < -0.39 is 29.9 Å². The number of aromatic nitrogens is 1. The maximum Gasteiger partial charge on any atom is 0.329 e. The average Bonchev–Trinajstić information content (AvgIpc) is 3.54. The van der Waals surface area contributed by atoms with Crippen molar-refractivity contribution in [3.8, 4) is 5.75 Å². The molecule has 1 fully saturated rings. The van der Waals surface area contributed by atoms with E-state index in [-0.39, 0.29) is 18.9 Å². The summed E-state index contributed by atoms with van der Waals surface area (Å²) in [6, 6.07) is 33.6. The summed E-state index contributed by atoms with van der Waals surface area (Å²) in [6.07, 6.45) is 5.97. The summed E-state index contributed by atoms with van der Waals surface area (Å²) in [4.78, 5) is 31.5. The lowest BCUT2D eigenvalue weighted by Crippen LogP contribution is -2.48. The largest absolute Gasteiger partial charge is 0.489 e. The average molecular weight is 631 g/mol. The molecule has 0 radical (unpaired) electrons. The first-order valence-corrected chi connectivity index (χ1v) is 16.6. The number of rotatable bonds is 13. The van der Waals surface area contributed by atoms with Crippen molar-refractivity contribution in [2.75, 3.05) is 0 Å². The van der Waals surface area contributed by atoms with Crippen LogP contribution in [0.3, 0.4) is 0 Å². The number of fused-ring (bicyclic) bond motifs is 1. The highest BCUT2D eigenvalue weighted by Crippen LogP contribution is 2.37. The third-order valence-corrected chi connectivity index (χ3v) is 9.17. The molecule has 4 aromatic carbocycles. The maximum absolute atomic E-state index is 14.5. The van der Waals surface area contributed by atoms with E-state index in [0.29, 0.717) is 17.9 Å². The molecule has 5 aromatic rings. The number of carbonyl (C=O) groups is 2. The number of H-pyrrole nitrogens is 1. The Hall–Kier alpha value is -4.88. The number of para-hydroxylation sites is 2. The van der Waals surface area contributed by atoms with Gasteiger partial charge in [0.1, 0.15) is 25.0 Å². The molecule has 1 aliphatic rings. The Morgan fingerprint density at radius 1 is 0.787 bits per heavy atom. The lowest BCUT2D eigenvalue weighted by Gasteiger charge is -2.33. The fraction of sp³-hybridized carbons (Fsp3) is 0.300. The SMILES string of the molecule is O=C(OCc1ccccc1)[C@H](Cc1c[nH]c2ccccc12)NC(=O)[C@@H](c1ccccc1OCc1ccccc1)[C@@H](O)C1CCCCC1. The van der Waals surface area contributed by atoms with E-state index in [1.807, 2.05) is 115 Å². The van der Waals surface area contributed by atoms with E-state index in [1.165, 1.54) is 0 Å². The van der Waals surface area contributed by atoms with Gasteiger partial charge in [-0.1, -0.05) is 116 Å². The molecule has 6 rings (SSSR count). The summed E-state index contributed by atoms with van der Waals surface area (Å²) in [6.45, 7) is 0.408. The summed E-state index contributed by atoms with van der Waals surface area (Å²) in [5.74, 6) is -1.42. The van der Waals surface area contributed by atoms with Crippen LogP contribution in [0.4, 0.5) is 0 Å². The molecule has 1 aliphatic carbocycles. The minimum atomic E-state index is -0.983. The normalized spacial score (nSPS) is 15.4. The number of esters is 1. The molecule has 0 bridgehead atoms. The second-order valence-corrected chi connectivity index (χ2v) is 12.4. The van der Waals surface area contributed by atoms with E-state index in [2.05, 4.69) is 10.3 Å². The number of benzene rings is 4. The topological polar surface area (TPSA) is 101 Å². The van der Waals surface area contributed by atoms with E-state index in [1.54, 1.807) is 0 Å². The second-order valence-electron chi connectivity index (χ2n) is 12.4. The first-order chi connectivity index (χ1) is 23.1. The van der Waals surface area contributed by atoms with Crippen LogP contribution in [0.2, 0.25) is 0 Å². The van der Waals surface area contributed by atoms with Crippen molar-refractivity contribution in [2.45, 2.75) is 69.8 Å². The predicted molar refractivity (Wildman–Crippen MR) is 183 cm³/mol. The lowest BCUT2D eigenvalue weighted by molar-refractivity contribution is -0.149. The number of ether oxygens (including phenoxy) is 2. The molecule has 47 heavy (non-hydrogen) atoms. The molecule has 0 aliphatic heterocycles. The first kappa shape index (κ1) is 32.1. The molecule has 0 unspecified atom stereocenters. The number of aliphatic hydroxyl groups is 1. The van der Waals surface area contributed by atoms with Gasteiger partial charge >= 0.3 is 5.97 Å². The van der Waals surface area contributed by atoms with E-state index in [0.717, 1.165) is 59.7 Å². The Morgan fingerprint density at radius 3 is 2.17 bits per heavy atom. The van der Waals surface area contributed by atoms with Crippen LogP contribution in [0.15, 0.2) is 115 Å². The number of nitrogens with one attached hydrogen (secondary N) is 2. The quantitative estimate of drug-likeness (QED) is 0.119. The Labute approximate surface area is 275 Å². The Balaban J connectivity index is 1.30. The number of amides is 1.